The topological polar surface area (TPSA) is 89.9 Å². The van der Waals surface area contributed by atoms with Crippen molar-refractivity contribution in [3.8, 4) is 0 Å². The number of aliphatic carboxylic acids is 1. The van der Waals surface area contributed by atoms with Crippen LogP contribution in [0, 0.1) is 5.92 Å². The Balaban J connectivity index is 1.53. The molecule has 2 N–H and O–H groups in total. The van der Waals surface area contributed by atoms with Gasteiger partial charge in [0.1, 0.15) is 0 Å². The van der Waals surface area contributed by atoms with Crippen LogP contribution in [0.2, 0.25) is 0 Å². The molecule has 24 heavy (non-hydrogen) atoms. The summed E-state index contributed by atoms with van der Waals surface area (Å²) in [6.45, 7) is 6.65. The van der Waals surface area contributed by atoms with Gasteiger partial charge in [-0.15, -0.1) is 0 Å². The summed E-state index contributed by atoms with van der Waals surface area (Å²) in [5.41, 5.74) is 4.16. The minimum Gasteiger partial charge on any atom is -0.477 e. The second-order valence-corrected chi connectivity index (χ2v) is 5.88. The second-order valence-electron chi connectivity index (χ2n) is 5.88. The number of hydrogen-bond donors (Lipinski definition) is 2. The van der Waals surface area contributed by atoms with Gasteiger partial charge in [-0.2, -0.15) is 0 Å². The van der Waals surface area contributed by atoms with Crippen LogP contribution in [0.1, 0.15) is 31.9 Å². The summed E-state index contributed by atoms with van der Waals surface area (Å²) in [4.78, 5) is 20.5. The molecular weight excluding hydrogens is 312 g/mol. The number of aromatic nitrogens is 1. The monoisotopic (exact) mass is 336 g/mol. The summed E-state index contributed by atoms with van der Waals surface area (Å²) in [5.74, 6) is -2.38. The quantitative estimate of drug-likeness (QED) is 0.528. The maximum absolute atomic E-state index is 11.0. The minimum atomic E-state index is -1.50. The predicted octanol–water partition coefficient (Wildman–Crippen LogP) is 2.21. The van der Waals surface area contributed by atoms with E-state index < -0.39 is 11.8 Å². The molecule has 1 aromatic heterocycles. The summed E-state index contributed by atoms with van der Waals surface area (Å²) in [7, 11) is 0. The number of ether oxygens (including phenoxy) is 2. The van der Waals surface area contributed by atoms with E-state index in [1.807, 2.05) is 18.2 Å². The lowest BCUT2D eigenvalue weighted by Crippen LogP contribution is -2.47. The number of nitrogens with zero attached hydrogens (tertiary/aromatic N) is 1. The number of hydrogen-bond acceptors (Lipinski definition) is 6. The fraction of sp³-hybridized carbons (Fsp3) is 0.529. The van der Waals surface area contributed by atoms with Crippen LogP contribution in [0.5, 0.6) is 0 Å². The molecule has 7 heteroatoms. The van der Waals surface area contributed by atoms with Gasteiger partial charge in [0.2, 0.25) is 0 Å². The zero-order valence-electron chi connectivity index (χ0n) is 13.9. The molecule has 1 fully saturated rings. The van der Waals surface area contributed by atoms with Crippen molar-refractivity contribution >= 4 is 11.7 Å². The van der Waals surface area contributed by atoms with E-state index in [4.69, 9.17) is 19.4 Å². The Morgan fingerprint density at radius 2 is 2.21 bits per heavy atom. The zero-order chi connectivity index (χ0) is 17.4. The van der Waals surface area contributed by atoms with E-state index >= 15 is 0 Å². The Morgan fingerprint density at radius 1 is 1.46 bits per heavy atom. The van der Waals surface area contributed by atoms with Gasteiger partial charge in [-0.1, -0.05) is 19.1 Å². The average molecular weight is 336 g/mol. The first-order chi connectivity index (χ1) is 11.5. The number of unbranched alkanes of at least 4 members (excludes halogenated alkanes) is 1. The van der Waals surface area contributed by atoms with Crippen LogP contribution in [0.15, 0.2) is 31.0 Å². The molecule has 1 aliphatic rings. The first-order valence-electron chi connectivity index (χ1n) is 8.00. The third-order valence-corrected chi connectivity index (χ3v) is 3.86. The highest BCUT2D eigenvalue weighted by Gasteiger charge is 2.40. The SMILES string of the molecule is C=C(NOCCCCC1COC(C)(C(=O)O)OC1)c1ccccn1. The van der Waals surface area contributed by atoms with Gasteiger partial charge in [0.25, 0.3) is 5.79 Å². The first-order valence-corrected chi connectivity index (χ1v) is 8.00. The Hall–Kier alpha value is -1.96. The molecule has 0 atom stereocenters. The van der Waals surface area contributed by atoms with Gasteiger partial charge in [-0.25, -0.2) is 4.79 Å². The van der Waals surface area contributed by atoms with Gasteiger partial charge in [0, 0.05) is 19.0 Å². The Bertz CT molecular complexity index is 541. The van der Waals surface area contributed by atoms with Gasteiger partial charge in [-0.05, 0) is 25.0 Å². The van der Waals surface area contributed by atoms with E-state index in [2.05, 4.69) is 17.0 Å². The molecule has 1 aliphatic heterocycles. The van der Waals surface area contributed by atoms with E-state index in [1.165, 1.54) is 6.92 Å². The summed E-state index contributed by atoms with van der Waals surface area (Å²) >= 11 is 0. The van der Waals surface area contributed by atoms with Crippen molar-refractivity contribution in [3.05, 3.63) is 36.7 Å². The van der Waals surface area contributed by atoms with Crippen LogP contribution in [0.4, 0.5) is 0 Å². The zero-order valence-corrected chi connectivity index (χ0v) is 13.9. The fourth-order valence-electron chi connectivity index (χ4n) is 2.27. The lowest BCUT2D eigenvalue weighted by molar-refractivity contribution is -0.271. The number of rotatable bonds is 9. The molecule has 1 saturated heterocycles. The molecule has 2 heterocycles. The number of pyridine rings is 1. The summed E-state index contributed by atoms with van der Waals surface area (Å²) in [6, 6.07) is 5.58. The fourth-order valence-corrected chi connectivity index (χ4v) is 2.27. The standard InChI is InChI=1S/C17H24N2O5/c1-13(15-8-3-5-9-18-15)19-24-10-6-4-7-14-11-22-17(2,16(20)21)23-12-14/h3,5,8-9,14,19H,1,4,6-7,10-12H2,2H3,(H,20,21). The van der Waals surface area contributed by atoms with Crippen LogP contribution >= 0.6 is 0 Å². The molecule has 0 amide bonds. The van der Waals surface area contributed by atoms with Crippen LogP contribution in [-0.2, 0) is 19.1 Å². The van der Waals surface area contributed by atoms with Gasteiger partial charge in [0.05, 0.1) is 31.2 Å². The van der Waals surface area contributed by atoms with Gasteiger partial charge >= 0.3 is 5.97 Å². The molecule has 0 unspecified atom stereocenters. The van der Waals surface area contributed by atoms with Crippen molar-refractivity contribution in [2.45, 2.75) is 32.0 Å². The van der Waals surface area contributed by atoms with Crippen molar-refractivity contribution in [1.82, 2.24) is 10.5 Å². The number of carboxylic acid groups (broad SMARTS) is 1. The molecule has 0 bridgehead atoms. The van der Waals surface area contributed by atoms with Crippen molar-refractivity contribution in [2.24, 2.45) is 5.92 Å². The molecule has 1 aromatic rings. The number of hydroxylamine groups is 1. The van der Waals surface area contributed by atoms with Crippen molar-refractivity contribution in [2.75, 3.05) is 19.8 Å². The van der Waals surface area contributed by atoms with E-state index in [1.54, 1.807) is 6.20 Å². The van der Waals surface area contributed by atoms with Crippen LogP contribution in [-0.4, -0.2) is 41.7 Å². The smallest absolute Gasteiger partial charge is 0.364 e. The maximum atomic E-state index is 11.0. The molecule has 0 spiro atoms. The Kier molecular flexibility index (Phi) is 6.72. The highest BCUT2D eigenvalue weighted by atomic mass is 16.7. The number of carboxylic acids is 1. The molecule has 2 rings (SSSR count). The molecule has 0 saturated carbocycles. The summed E-state index contributed by atoms with van der Waals surface area (Å²) in [6.07, 6.45) is 4.42. The summed E-state index contributed by atoms with van der Waals surface area (Å²) < 4.78 is 10.6. The third kappa shape index (κ3) is 5.30. The normalized spacial score (nSPS) is 23.6. The van der Waals surface area contributed by atoms with Gasteiger partial charge < -0.3 is 14.6 Å². The van der Waals surface area contributed by atoms with Crippen molar-refractivity contribution < 1.29 is 24.2 Å². The van der Waals surface area contributed by atoms with Crippen molar-refractivity contribution in [1.29, 1.82) is 0 Å². The largest absolute Gasteiger partial charge is 0.477 e. The third-order valence-electron chi connectivity index (χ3n) is 3.86. The molecule has 0 radical (unpaired) electrons. The lowest BCUT2D eigenvalue weighted by atomic mass is 10.0. The summed E-state index contributed by atoms with van der Waals surface area (Å²) in [5, 5.41) is 9.00. The minimum absolute atomic E-state index is 0.217. The second kappa shape index (κ2) is 8.77. The van der Waals surface area contributed by atoms with Crippen LogP contribution in [0.25, 0.3) is 5.70 Å². The predicted molar refractivity (Wildman–Crippen MR) is 87.6 cm³/mol. The van der Waals surface area contributed by atoms with E-state index in [-0.39, 0.29) is 5.92 Å². The molecule has 7 nitrogen and oxygen atoms in total. The van der Waals surface area contributed by atoms with E-state index in [0.717, 1.165) is 25.0 Å². The Labute approximate surface area is 141 Å². The molecule has 132 valence electrons. The highest BCUT2D eigenvalue weighted by Crippen LogP contribution is 2.24. The van der Waals surface area contributed by atoms with Crippen LogP contribution < -0.4 is 5.48 Å². The van der Waals surface area contributed by atoms with Crippen LogP contribution in [0.3, 0.4) is 0 Å². The van der Waals surface area contributed by atoms with Gasteiger partial charge in [-0.3, -0.25) is 15.3 Å². The molecular formula is C17H24N2O5. The first kappa shape index (κ1) is 18.4. The van der Waals surface area contributed by atoms with Gasteiger partial charge in [0.15, 0.2) is 0 Å². The molecule has 0 aromatic carbocycles. The Morgan fingerprint density at radius 3 is 2.83 bits per heavy atom. The van der Waals surface area contributed by atoms with Crippen molar-refractivity contribution in [3.63, 3.8) is 0 Å². The lowest BCUT2D eigenvalue weighted by Gasteiger charge is -2.34. The van der Waals surface area contributed by atoms with E-state index in [9.17, 15) is 4.79 Å². The molecule has 0 aliphatic carbocycles. The number of carbonyl (C=O) groups is 1. The highest BCUT2D eigenvalue weighted by molar-refractivity contribution is 5.75. The average Bonchev–Trinajstić information content (AvgIpc) is 2.60. The van der Waals surface area contributed by atoms with E-state index in [0.29, 0.717) is 25.5 Å². The number of nitrogens with one attached hydrogen (secondary N) is 1. The maximum Gasteiger partial charge on any atom is 0.364 e.